The molecule has 0 aromatic heterocycles. The third-order valence-corrected chi connectivity index (χ3v) is 3.45. The van der Waals surface area contributed by atoms with Crippen molar-refractivity contribution < 1.29 is 9.47 Å². The minimum atomic E-state index is 0.630. The van der Waals surface area contributed by atoms with E-state index >= 15 is 0 Å². The molecule has 1 aromatic carbocycles. The van der Waals surface area contributed by atoms with E-state index in [1.54, 1.807) is 0 Å². The maximum Gasteiger partial charge on any atom is 0.191 e. The van der Waals surface area contributed by atoms with Crippen LogP contribution < -0.4 is 15.4 Å². The molecule has 0 saturated heterocycles. The van der Waals surface area contributed by atoms with Crippen molar-refractivity contribution in [3.05, 3.63) is 29.8 Å². The molecule has 0 aliphatic carbocycles. The fourth-order valence-electron chi connectivity index (χ4n) is 2.16. The Morgan fingerprint density at radius 2 is 1.84 bits per heavy atom. The molecule has 1 aromatic rings. The normalized spacial score (nSPS) is 11.6. The molecule has 0 aliphatic heterocycles. The van der Waals surface area contributed by atoms with Crippen molar-refractivity contribution in [3.63, 3.8) is 0 Å². The number of hydrogen-bond donors (Lipinski definition) is 2. The first kappa shape index (κ1) is 21.3. The molecule has 0 fully saturated rings. The zero-order valence-electron chi connectivity index (χ0n) is 16.2. The first-order chi connectivity index (χ1) is 12.2. The van der Waals surface area contributed by atoms with Gasteiger partial charge < -0.3 is 25.0 Å². The van der Waals surface area contributed by atoms with Crippen molar-refractivity contribution in [3.8, 4) is 5.75 Å². The largest absolute Gasteiger partial charge is 0.494 e. The molecule has 6 heteroatoms. The molecule has 0 unspecified atom stereocenters. The number of nitrogens with zero attached hydrogens (tertiary/aromatic N) is 2. The van der Waals surface area contributed by atoms with E-state index in [1.807, 2.05) is 19.1 Å². The Labute approximate surface area is 152 Å². The Morgan fingerprint density at radius 3 is 2.48 bits per heavy atom. The second kappa shape index (κ2) is 13.5. The molecule has 142 valence electrons. The lowest BCUT2D eigenvalue weighted by atomic mass is 10.2. The molecule has 0 heterocycles. The van der Waals surface area contributed by atoms with Crippen molar-refractivity contribution in [1.29, 1.82) is 0 Å². The number of nitrogens with one attached hydrogen (secondary N) is 2. The maximum absolute atomic E-state index is 5.75. The maximum atomic E-state index is 5.75. The lowest BCUT2D eigenvalue weighted by Gasteiger charge is -2.12. The molecule has 0 bridgehead atoms. The van der Waals surface area contributed by atoms with E-state index in [1.165, 1.54) is 0 Å². The molecule has 0 aliphatic rings. The SMILES string of the molecule is CCNC(=NCc1ccc(OCCCN(C)C)cc1)NCCOCC. The number of guanidine groups is 1. The highest BCUT2D eigenvalue weighted by molar-refractivity contribution is 5.79. The summed E-state index contributed by atoms with van der Waals surface area (Å²) in [5.41, 5.74) is 1.16. The van der Waals surface area contributed by atoms with E-state index in [-0.39, 0.29) is 0 Å². The summed E-state index contributed by atoms with van der Waals surface area (Å²) in [6.45, 7) is 9.46. The molecule has 0 saturated carbocycles. The van der Waals surface area contributed by atoms with Crippen molar-refractivity contribution in [1.82, 2.24) is 15.5 Å². The van der Waals surface area contributed by atoms with Crippen molar-refractivity contribution in [2.24, 2.45) is 4.99 Å². The van der Waals surface area contributed by atoms with Crippen molar-refractivity contribution in [2.45, 2.75) is 26.8 Å². The summed E-state index contributed by atoms with van der Waals surface area (Å²) in [5.74, 6) is 1.72. The van der Waals surface area contributed by atoms with Crippen LogP contribution in [0.3, 0.4) is 0 Å². The lowest BCUT2D eigenvalue weighted by Crippen LogP contribution is -2.39. The molecule has 1 rings (SSSR count). The van der Waals surface area contributed by atoms with Gasteiger partial charge in [0.15, 0.2) is 5.96 Å². The van der Waals surface area contributed by atoms with Crippen molar-refractivity contribution >= 4 is 5.96 Å². The van der Waals surface area contributed by atoms with Crippen LogP contribution in [0, 0.1) is 0 Å². The molecule has 25 heavy (non-hydrogen) atoms. The fourth-order valence-corrected chi connectivity index (χ4v) is 2.16. The topological polar surface area (TPSA) is 58.1 Å². The standard InChI is InChI=1S/C19H34N4O2/c1-5-20-19(21-12-15-24-6-2)22-16-17-8-10-18(11-9-17)25-14-7-13-23(3)4/h8-11H,5-7,12-16H2,1-4H3,(H2,20,21,22). The Morgan fingerprint density at radius 1 is 1.08 bits per heavy atom. The summed E-state index contributed by atoms with van der Waals surface area (Å²) in [6, 6.07) is 8.15. The number of rotatable bonds is 12. The average Bonchev–Trinajstić information content (AvgIpc) is 2.61. The summed E-state index contributed by atoms with van der Waals surface area (Å²) < 4.78 is 11.1. The highest BCUT2D eigenvalue weighted by Gasteiger charge is 1.99. The third kappa shape index (κ3) is 10.6. The lowest BCUT2D eigenvalue weighted by molar-refractivity contribution is 0.152. The predicted octanol–water partition coefficient (Wildman–Crippen LogP) is 2.11. The Bertz CT molecular complexity index is 475. The van der Waals surface area contributed by atoms with Crippen LogP contribution >= 0.6 is 0 Å². The highest BCUT2D eigenvalue weighted by Crippen LogP contribution is 2.13. The number of aliphatic imine (C=N–C) groups is 1. The molecule has 0 radical (unpaired) electrons. The van der Waals surface area contributed by atoms with Crippen LogP contribution in [0.1, 0.15) is 25.8 Å². The minimum absolute atomic E-state index is 0.630. The number of benzene rings is 1. The van der Waals surface area contributed by atoms with Gasteiger partial charge in [0.2, 0.25) is 0 Å². The predicted molar refractivity (Wildman–Crippen MR) is 104 cm³/mol. The van der Waals surface area contributed by atoms with Gasteiger partial charge in [0, 0.05) is 26.2 Å². The first-order valence-electron chi connectivity index (χ1n) is 9.12. The van der Waals surface area contributed by atoms with Gasteiger partial charge in [-0.05, 0) is 52.1 Å². The molecule has 2 N–H and O–H groups in total. The minimum Gasteiger partial charge on any atom is -0.494 e. The molecular formula is C19H34N4O2. The number of hydrogen-bond acceptors (Lipinski definition) is 4. The van der Waals surface area contributed by atoms with Gasteiger partial charge in [-0.2, -0.15) is 0 Å². The average molecular weight is 351 g/mol. The summed E-state index contributed by atoms with van der Waals surface area (Å²) in [7, 11) is 4.14. The van der Waals surface area contributed by atoms with Crippen molar-refractivity contribution in [2.75, 3.05) is 53.6 Å². The summed E-state index contributed by atoms with van der Waals surface area (Å²) in [4.78, 5) is 6.76. The Hall–Kier alpha value is -1.79. The molecule has 6 nitrogen and oxygen atoms in total. The second-order valence-electron chi connectivity index (χ2n) is 5.97. The van der Waals surface area contributed by atoms with Crippen LogP contribution in [0.5, 0.6) is 5.75 Å². The van der Waals surface area contributed by atoms with Gasteiger partial charge in [0.1, 0.15) is 5.75 Å². The van der Waals surface area contributed by atoms with Gasteiger partial charge >= 0.3 is 0 Å². The van der Waals surface area contributed by atoms with E-state index < -0.39 is 0 Å². The molecule has 0 amide bonds. The van der Waals surface area contributed by atoms with Gasteiger partial charge in [0.25, 0.3) is 0 Å². The molecule has 0 spiro atoms. The van der Waals surface area contributed by atoms with Crippen LogP contribution in [0.2, 0.25) is 0 Å². The van der Waals surface area contributed by atoms with Crippen LogP contribution in [-0.2, 0) is 11.3 Å². The van der Waals surface area contributed by atoms with Gasteiger partial charge in [0.05, 0.1) is 19.8 Å². The van der Waals surface area contributed by atoms with Crippen LogP contribution in [0.4, 0.5) is 0 Å². The third-order valence-electron chi connectivity index (χ3n) is 3.45. The van der Waals surface area contributed by atoms with Crippen LogP contribution in [0.15, 0.2) is 29.3 Å². The zero-order chi connectivity index (χ0) is 18.3. The van der Waals surface area contributed by atoms with Crippen LogP contribution in [0.25, 0.3) is 0 Å². The van der Waals surface area contributed by atoms with E-state index in [4.69, 9.17) is 9.47 Å². The summed E-state index contributed by atoms with van der Waals surface area (Å²) in [6.07, 6.45) is 1.03. The van der Waals surface area contributed by atoms with E-state index in [2.05, 4.69) is 53.7 Å². The fraction of sp³-hybridized carbons (Fsp3) is 0.632. The first-order valence-corrected chi connectivity index (χ1v) is 9.12. The van der Waals surface area contributed by atoms with E-state index in [0.29, 0.717) is 13.2 Å². The monoisotopic (exact) mass is 350 g/mol. The van der Waals surface area contributed by atoms with Gasteiger partial charge in [-0.3, -0.25) is 0 Å². The Balaban J connectivity index is 2.40. The van der Waals surface area contributed by atoms with Gasteiger partial charge in [-0.1, -0.05) is 12.1 Å². The Kier molecular flexibility index (Phi) is 11.5. The number of ether oxygens (including phenoxy) is 2. The van der Waals surface area contributed by atoms with Gasteiger partial charge in [-0.25, -0.2) is 4.99 Å². The summed E-state index contributed by atoms with van der Waals surface area (Å²) in [5, 5.41) is 6.50. The molecular weight excluding hydrogens is 316 g/mol. The highest BCUT2D eigenvalue weighted by atomic mass is 16.5. The molecule has 0 atom stereocenters. The van der Waals surface area contributed by atoms with E-state index in [0.717, 1.165) is 56.5 Å². The second-order valence-corrected chi connectivity index (χ2v) is 5.97. The smallest absolute Gasteiger partial charge is 0.191 e. The van der Waals surface area contributed by atoms with Gasteiger partial charge in [-0.15, -0.1) is 0 Å². The zero-order valence-corrected chi connectivity index (χ0v) is 16.2. The quantitative estimate of drug-likeness (QED) is 0.343. The van der Waals surface area contributed by atoms with E-state index in [9.17, 15) is 0 Å². The summed E-state index contributed by atoms with van der Waals surface area (Å²) >= 11 is 0. The van der Waals surface area contributed by atoms with Crippen LogP contribution in [-0.4, -0.2) is 64.4 Å².